The number of nitrogens with two attached hydrogens (primary N) is 1. The fraction of sp³-hybridized carbons (Fsp3) is 0.519. The Morgan fingerprint density at radius 3 is 2.75 bits per heavy atom. The number of aryl methyl sites for hydroxylation is 3. The Kier molecular flexibility index (Phi) is 5.13. The Morgan fingerprint density at radius 1 is 1.19 bits per heavy atom. The molecule has 0 spiro atoms. The molecule has 9 heteroatoms. The molecule has 2 aromatic rings. The second kappa shape index (κ2) is 8.30. The van der Waals surface area contributed by atoms with E-state index in [1.807, 2.05) is 0 Å². The van der Waals surface area contributed by atoms with Crippen LogP contribution in [0.25, 0.3) is 5.57 Å². The molecule has 3 atom stereocenters. The zero-order valence-corrected chi connectivity index (χ0v) is 21.1. The van der Waals surface area contributed by atoms with Gasteiger partial charge < -0.3 is 20.7 Å². The van der Waals surface area contributed by atoms with E-state index in [1.54, 1.807) is 0 Å². The largest absolute Gasteiger partial charge is 0.447 e. The first-order chi connectivity index (χ1) is 17.5. The van der Waals surface area contributed by atoms with Crippen molar-refractivity contribution in [2.45, 2.75) is 55.4 Å². The predicted octanol–water partition coefficient (Wildman–Crippen LogP) is 3.21. The lowest BCUT2D eigenvalue weighted by molar-refractivity contribution is 0.101. The molecular weight excluding hydrogens is 474 g/mol. The molecule has 2 aliphatic heterocycles. The summed E-state index contributed by atoms with van der Waals surface area (Å²) in [6.07, 6.45) is 8.65. The van der Waals surface area contributed by atoms with Gasteiger partial charge in [-0.2, -0.15) is 4.98 Å². The number of benzene rings is 1. The molecule has 0 unspecified atom stereocenters. The SMILES string of the molecule is NC(=O)OCC1(Nc2nc(N3C[C@@H]4CC(c5ccc6c(c5)CC6)=C[C@@H]4C3)nc3c2[S@](=O)CC3)CCC1. The molecule has 0 bridgehead atoms. The van der Waals surface area contributed by atoms with Gasteiger partial charge >= 0.3 is 6.09 Å². The third kappa shape index (κ3) is 3.70. The number of aromatic nitrogens is 2. The van der Waals surface area contributed by atoms with Crippen molar-refractivity contribution in [2.75, 3.05) is 35.7 Å². The van der Waals surface area contributed by atoms with E-state index in [-0.39, 0.29) is 6.61 Å². The van der Waals surface area contributed by atoms with E-state index in [4.69, 9.17) is 20.4 Å². The summed E-state index contributed by atoms with van der Waals surface area (Å²) in [5.41, 5.74) is 11.6. The molecule has 1 amide bonds. The smallest absolute Gasteiger partial charge is 0.404 e. The van der Waals surface area contributed by atoms with Gasteiger partial charge in [0.2, 0.25) is 5.95 Å². The zero-order chi connectivity index (χ0) is 24.4. The number of nitrogens with zero attached hydrogens (tertiary/aromatic N) is 3. The molecule has 8 nitrogen and oxygen atoms in total. The highest BCUT2D eigenvalue weighted by Gasteiger charge is 2.42. The maximum atomic E-state index is 12.8. The van der Waals surface area contributed by atoms with Crippen molar-refractivity contribution in [2.24, 2.45) is 17.6 Å². The quantitative estimate of drug-likeness (QED) is 0.620. The van der Waals surface area contributed by atoms with Gasteiger partial charge in [-0.3, -0.25) is 4.21 Å². The lowest BCUT2D eigenvalue weighted by Crippen LogP contribution is -2.50. The van der Waals surface area contributed by atoms with E-state index in [2.05, 4.69) is 34.5 Å². The van der Waals surface area contributed by atoms with Gasteiger partial charge in [-0.15, -0.1) is 0 Å². The van der Waals surface area contributed by atoms with Crippen LogP contribution < -0.4 is 16.0 Å². The number of hydrogen-bond donors (Lipinski definition) is 2. The van der Waals surface area contributed by atoms with Gasteiger partial charge in [-0.1, -0.05) is 24.3 Å². The molecule has 7 rings (SSSR count). The van der Waals surface area contributed by atoms with Gasteiger partial charge in [0.25, 0.3) is 0 Å². The monoisotopic (exact) mass is 505 g/mol. The fourth-order valence-electron chi connectivity index (χ4n) is 6.46. The Labute approximate surface area is 213 Å². The van der Waals surface area contributed by atoms with Crippen LogP contribution in [0.5, 0.6) is 0 Å². The highest BCUT2D eigenvalue weighted by atomic mass is 32.2. The molecule has 2 fully saturated rings. The van der Waals surface area contributed by atoms with Crippen molar-refractivity contribution in [3.8, 4) is 0 Å². The van der Waals surface area contributed by atoms with Gasteiger partial charge in [0, 0.05) is 25.3 Å². The minimum Gasteiger partial charge on any atom is -0.447 e. The minimum atomic E-state index is -1.12. The minimum absolute atomic E-state index is 0.188. The van der Waals surface area contributed by atoms with Crippen LogP contribution >= 0.6 is 0 Å². The van der Waals surface area contributed by atoms with Crippen LogP contribution in [-0.4, -0.2) is 51.3 Å². The number of amides is 1. The van der Waals surface area contributed by atoms with Crippen LogP contribution in [0.3, 0.4) is 0 Å². The summed E-state index contributed by atoms with van der Waals surface area (Å²) in [6, 6.07) is 6.99. The average molecular weight is 506 g/mol. The van der Waals surface area contributed by atoms with Gasteiger partial charge in [0.05, 0.1) is 22.0 Å². The molecule has 5 aliphatic rings. The topological polar surface area (TPSA) is 110 Å². The molecule has 36 heavy (non-hydrogen) atoms. The zero-order valence-electron chi connectivity index (χ0n) is 20.3. The molecule has 188 valence electrons. The molecule has 1 saturated heterocycles. The number of rotatable bonds is 6. The predicted molar refractivity (Wildman–Crippen MR) is 138 cm³/mol. The number of nitrogens with one attached hydrogen (secondary N) is 1. The number of ether oxygens (including phenoxy) is 1. The number of carbonyl (C=O) groups is 1. The molecule has 0 radical (unpaired) electrons. The van der Waals surface area contributed by atoms with Crippen molar-refractivity contribution in [1.29, 1.82) is 0 Å². The first kappa shape index (κ1) is 22.3. The highest BCUT2D eigenvalue weighted by molar-refractivity contribution is 7.85. The number of hydrogen-bond acceptors (Lipinski definition) is 7. The second-order valence-corrected chi connectivity index (χ2v) is 12.5. The summed E-state index contributed by atoms with van der Waals surface area (Å²) in [6.45, 7) is 2.01. The summed E-state index contributed by atoms with van der Waals surface area (Å²) >= 11 is 0. The summed E-state index contributed by atoms with van der Waals surface area (Å²) in [5.74, 6) is 2.98. The number of fused-ring (bicyclic) bond motifs is 3. The van der Waals surface area contributed by atoms with Gasteiger partial charge in [0.15, 0.2) is 0 Å². The van der Waals surface area contributed by atoms with E-state index in [0.29, 0.717) is 40.7 Å². The Bertz CT molecular complexity index is 1320. The first-order valence-corrected chi connectivity index (χ1v) is 14.4. The number of allylic oxidation sites excluding steroid dienone is 1. The van der Waals surface area contributed by atoms with Crippen molar-refractivity contribution in [3.05, 3.63) is 46.7 Å². The maximum absolute atomic E-state index is 12.8. The van der Waals surface area contributed by atoms with Crippen molar-refractivity contribution < 1.29 is 13.7 Å². The molecule has 1 saturated carbocycles. The molecular formula is C27H31N5O3S. The summed E-state index contributed by atoms with van der Waals surface area (Å²) in [7, 11) is -1.12. The molecule has 1 aromatic carbocycles. The van der Waals surface area contributed by atoms with Gasteiger partial charge in [-0.05, 0) is 72.6 Å². The second-order valence-electron chi connectivity index (χ2n) is 11.0. The van der Waals surface area contributed by atoms with Crippen LogP contribution in [0, 0.1) is 11.8 Å². The fourth-order valence-corrected chi connectivity index (χ4v) is 7.77. The normalized spacial score (nSPS) is 26.8. The molecule has 3 N–H and O–H groups in total. The van der Waals surface area contributed by atoms with E-state index in [9.17, 15) is 9.00 Å². The Hall–Kier alpha value is -2.94. The number of anilines is 2. The van der Waals surface area contributed by atoms with Gasteiger partial charge in [0.1, 0.15) is 17.3 Å². The third-order valence-electron chi connectivity index (χ3n) is 8.77. The highest BCUT2D eigenvalue weighted by Crippen LogP contribution is 2.44. The van der Waals surface area contributed by atoms with Crippen molar-refractivity contribution in [1.82, 2.24) is 9.97 Å². The van der Waals surface area contributed by atoms with E-state index < -0.39 is 22.4 Å². The third-order valence-corrected chi connectivity index (χ3v) is 10.2. The number of carbonyl (C=O) groups excluding carboxylic acids is 1. The molecule has 1 aromatic heterocycles. The van der Waals surface area contributed by atoms with Crippen LogP contribution in [0.15, 0.2) is 29.2 Å². The van der Waals surface area contributed by atoms with Crippen LogP contribution in [0.2, 0.25) is 0 Å². The molecule has 3 aliphatic carbocycles. The van der Waals surface area contributed by atoms with Gasteiger partial charge in [-0.25, -0.2) is 9.78 Å². The van der Waals surface area contributed by atoms with E-state index >= 15 is 0 Å². The lowest BCUT2D eigenvalue weighted by Gasteiger charge is -2.42. The van der Waals surface area contributed by atoms with E-state index in [0.717, 1.165) is 44.5 Å². The Morgan fingerprint density at radius 2 is 2.06 bits per heavy atom. The first-order valence-electron chi connectivity index (χ1n) is 13.0. The van der Waals surface area contributed by atoms with Crippen LogP contribution in [0.4, 0.5) is 16.6 Å². The van der Waals surface area contributed by atoms with E-state index in [1.165, 1.54) is 35.1 Å². The standard InChI is InChI=1S/C27H31N5O3S/c28-25(33)35-15-27(7-1-8-27)31-24-23-22(6-9-36(23)34)29-26(30-24)32-13-20-11-19(12-21(20)14-32)18-5-3-16-2-4-17(16)10-18/h3,5,10-11,20-21H,1-2,4,6-9,12-15H2,(H2,28,33)(H,29,30,31)/t20-,21+,36-/m1/s1. The number of primary amides is 1. The van der Waals surface area contributed by atoms with Crippen molar-refractivity contribution >= 4 is 34.2 Å². The summed E-state index contributed by atoms with van der Waals surface area (Å²) in [5, 5.41) is 3.52. The summed E-state index contributed by atoms with van der Waals surface area (Å²) in [4.78, 5) is 24.0. The Balaban J connectivity index is 1.13. The molecule has 3 heterocycles. The van der Waals surface area contributed by atoms with Crippen molar-refractivity contribution in [3.63, 3.8) is 0 Å². The summed E-state index contributed by atoms with van der Waals surface area (Å²) < 4.78 is 18.0. The maximum Gasteiger partial charge on any atom is 0.404 e. The average Bonchev–Trinajstić information content (AvgIpc) is 3.49. The van der Waals surface area contributed by atoms with Crippen LogP contribution in [-0.2, 0) is 34.8 Å². The van der Waals surface area contributed by atoms with Crippen LogP contribution in [0.1, 0.15) is 48.1 Å². The lowest BCUT2D eigenvalue weighted by atomic mass is 9.77.